The van der Waals surface area contributed by atoms with E-state index in [2.05, 4.69) is 11.8 Å². The monoisotopic (exact) mass is 234 g/mol. The average Bonchev–Trinajstić information content (AvgIpc) is 2.33. The van der Waals surface area contributed by atoms with Gasteiger partial charge in [-0.15, -0.1) is 0 Å². The first-order chi connectivity index (χ1) is 7.84. The summed E-state index contributed by atoms with van der Waals surface area (Å²) in [4.78, 5) is 0. The molecule has 0 aromatic heterocycles. The number of hydrogen-bond donors (Lipinski definition) is 0. The third kappa shape index (κ3) is 3.56. The second-order valence-electron chi connectivity index (χ2n) is 4.00. The summed E-state index contributed by atoms with van der Waals surface area (Å²) in [5, 5.41) is 0.751. The number of halogens is 1. The van der Waals surface area contributed by atoms with E-state index in [0.29, 0.717) is 6.10 Å². The van der Waals surface area contributed by atoms with E-state index in [1.807, 2.05) is 24.3 Å². The van der Waals surface area contributed by atoms with E-state index in [-0.39, 0.29) is 0 Å². The molecule has 1 aromatic rings. The van der Waals surface area contributed by atoms with E-state index in [4.69, 9.17) is 16.3 Å². The second kappa shape index (κ2) is 5.94. The summed E-state index contributed by atoms with van der Waals surface area (Å²) < 4.78 is 5.61. The first-order valence-corrected chi connectivity index (χ1v) is 6.08. The lowest BCUT2D eigenvalue weighted by Crippen LogP contribution is -2.17. The first-order valence-electron chi connectivity index (χ1n) is 5.70. The highest BCUT2D eigenvalue weighted by atomic mass is 35.5. The van der Waals surface area contributed by atoms with Crippen LogP contribution in [-0.4, -0.2) is 12.7 Å². The molecule has 84 valence electrons. The highest BCUT2D eigenvalue weighted by Crippen LogP contribution is 2.15. The van der Waals surface area contributed by atoms with E-state index >= 15 is 0 Å². The smallest absolute Gasteiger partial charge is 0.0684 e. The summed E-state index contributed by atoms with van der Waals surface area (Å²) in [6.45, 7) is 0.896. The first kappa shape index (κ1) is 11.5. The van der Waals surface area contributed by atoms with Crippen LogP contribution in [0.2, 0.25) is 5.02 Å². The molecule has 0 spiro atoms. The van der Waals surface area contributed by atoms with Gasteiger partial charge >= 0.3 is 0 Å². The molecule has 0 aliphatic carbocycles. The van der Waals surface area contributed by atoms with Gasteiger partial charge in [0, 0.05) is 23.6 Å². The lowest BCUT2D eigenvalue weighted by molar-refractivity contribution is 0.0197. The Labute approximate surface area is 102 Å². The Morgan fingerprint density at radius 1 is 1.25 bits per heavy atom. The zero-order chi connectivity index (χ0) is 11.2. The van der Waals surface area contributed by atoms with Gasteiger partial charge in [-0.2, -0.15) is 0 Å². The van der Waals surface area contributed by atoms with Crippen molar-refractivity contribution in [2.45, 2.75) is 31.8 Å². The van der Waals surface area contributed by atoms with Gasteiger partial charge < -0.3 is 4.74 Å². The molecule has 1 saturated heterocycles. The van der Waals surface area contributed by atoms with Crippen LogP contribution in [0.25, 0.3) is 0 Å². The molecule has 1 atom stereocenters. The molecule has 0 saturated carbocycles. The Balaban J connectivity index is 1.87. The van der Waals surface area contributed by atoms with Crippen LogP contribution in [-0.2, 0) is 4.74 Å². The molecule has 0 N–H and O–H groups in total. The van der Waals surface area contributed by atoms with Gasteiger partial charge in [0.15, 0.2) is 0 Å². The second-order valence-corrected chi connectivity index (χ2v) is 4.44. The van der Waals surface area contributed by atoms with Crippen LogP contribution in [0.15, 0.2) is 24.3 Å². The van der Waals surface area contributed by atoms with Crippen LogP contribution in [0.3, 0.4) is 0 Å². The molecule has 0 bridgehead atoms. The van der Waals surface area contributed by atoms with Crippen molar-refractivity contribution >= 4 is 11.6 Å². The van der Waals surface area contributed by atoms with Crippen LogP contribution in [0.1, 0.15) is 31.2 Å². The average molecular weight is 235 g/mol. The van der Waals surface area contributed by atoms with E-state index in [1.165, 1.54) is 12.8 Å². The Morgan fingerprint density at radius 3 is 2.75 bits per heavy atom. The number of rotatable bonds is 1. The maximum absolute atomic E-state index is 5.80. The lowest BCUT2D eigenvalue weighted by Gasteiger charge is -2.20. The molecule has 1 nitrogen and oxygen atoms in total. The molecular formula is C14H15ClO. The van der Waals surface area contributed by atoms with Crippen LogP contribution in [0, 0.1) is 11.8 Å². The summed E-state index contributed by atoms with van der Waals surface area (Å²) in [5.74, 6) is 6.30. The van der Waals surface area contributed by atoms with Gasteiger partial charge in [0.1, 0.15) is 0 Å². The zero-order valence-corrected chi connectivity index (χ0v) is 9.96. The largest absolute Gasteiger partial charge is 0.377 e. The Bertz CT molecular complexity index is 379. The summed E-state index contributed by atoms with van der Waals surface area (Å²) in [5.41, 5.74) is 1.01. The minimum absolute atomic E-state index is 0.341. The molecule has 16 heavy (non-hydrogen) atoms. The fourth-order valence-electron chi connectivity index (χ4n) is 1.77. The van der Waals surface area contributed by atoms with Gasteiger partial charge in [-0.05, 0) is 43.5 Å². The highest BCUT2D eigenvalue weighted by Gasteiger charge is 2.11. The summed E-state index contributed by atoms with van der Waals surface area (Å²) in [6.07, 6.45) is 4.79. The molecular weight excluding hydrogens is 220 g/mol. The molecule has 2 heteroatoms. The Hall–Kier alpha value is -0.970. The molecule has 1 fully saturated rings. The van der Waals surface area contributed by atoms with Gasteiger partial charge in [0.2, 0.25) is 0 Å². The topological polar surface area (TPSA) is 9.23 Å². The Kier molecular flexibility index (Phi) is 4.27. The van der Waals surface area contributed by atoms with Crippen LogP contribution in [0.4, 0.5) is 0 Å². The number of benzene rings is 1. The summed E-state index contributed by atoms with van der Waals surface area (Å²) in [7, 11) is 0. The highest BCUT2D eigenvalue weighted by molar-refractivity contribution is 6.30. The predicted octanol–water partition coefficient (Wildman–Crippen LogP) is 3.65. The fraction of sp³-hybridized carbons (Fsp3) is 0.429. The van der Waals surface area contributed by atoms with Gasteiger partial charge in [-0.1, -0.05) is 23.4 Å². The molecule has 0 amide bonds. The van der Waals surface area contributed by atoms with Crippen molar-refractivity contribution < 1.29 is 4.74 Å². The molecule has 1 aliphatic rings. The standard InChI is InChI=1S/C14H15ClO/c15-13-9-7-12(8-10-13)4-3-6-14-5-1-2-11-16-14/h7-10,14H,1-2,5-6,11H2. The van der Waals surface area contributed by atoms with Crippen molar-refractivity contribution in [1.82, 2.24) is 0 Å². The van der Waals surface area contributed by atoms with Crippen molar-refractivity contribution in [2.24, 2.45) is 0 Å². The van der Waals surface area contributed by atoms with Crippen molar-refractivity contribution in [3.63, 3.8) is 0 Å². The van der Waals surface area contributed by atoms with Crippen molar-refractivity contribution in [3.05, 3.63) is 34.9 Å². The number of hydrogen-bond acceptors (Lipinski definition) is 1. The van der Waals surface area contributed by atoms with Crippen LogP contribution < -0.4 is 0 Å². The van der Waals surface area contributed by atoms with Gasteiger partial charge in [0.05, 0.1) is 6.10 Å². The minimum Gasteiger partial charge on any atom is -0.377 e. The van der Waals surface area contributed by atoms with Crippen LogP contribution >= 0.6 is 11.6 Å². The third-order valence-corrected chi connectivity index (χ3v) is 2.93. The zero-order valence-electron chi connectivity index (χ0n) is 9.21. The minimum atomic E-state index is 0.341. The lowest BCUT2D eigenvalue weighted by atomic mass is 10.1. The maximum atomic E-state index is 5.80. The predicted molar refractivity (Wildman–Crippen MR) is 66.5 cm³/mol. The van der Waals surface area contributed by atoms with E-state index in [0.717, 1.165) is 30.0 Å². The molecule has 1 aliphatic heterocycles. The molecule has 0 radical (unpaired) electrons. The van der Waals surface area contributed by atoms with Gasteiger partial charge in [-0.25, -0.2) is 0 Å². The molecule has 1 unspecified atom stereocenters. The van der Waals surface area contributed by atoms with Crippen molar-refractivity contribution in [2.75, 3.05) is 6.61 Å². The van der Waals surface area contributed by atoms with E-state index < -0.39 is 0 Å². The molecule has 2 rings (SSSR count). The third-order valence-electron chi connectivity index (χ3n) is 2.68. The van der Waals surface area contributed by atoms with E-state index in [9.17, 15) is 0 Å². The SMILES string of the molecule is Clc1ccc(C#CCC2CCCCO2)cc1. The van der Waals surface area contributed by atoms with E-state index in [1.54, 1.807) is 0 Å². The number of ether oxygens (including phenoxy) is 1. The fourth-order valence-corrected chi connectivity index (χ4v) is 1.89. The summed E-state index contributed by atoms with van der Waals surface area (Å²) in [6, 6.07) is 7.61. The summed E-state index contributed by atoms with van der Waals surface area (Å²) >= 11 is 5.80. The van der Waals surface area contributed by atoms with Crippen molar-refractivity contribution in [1.29, 1.82) is 0 Å². The van der Waals surface area contributed by atoms with Crippen LogP contribution in [0.5, 0.6) is 0 Å². The molecule has 1 aromatic carbocycles. The van der Waals surface area contributed by atoms with Crippen molar-refractivity contribution in [3.8, 4) is 11.8 Å². The normalized spacial score (nSPS) is 19.9. The maximum Gasteiger partial charge on any atom is 0.0684 e. The van der Waals surface area contributed by atoms with Gasteiger partial charge in [0.25, 0.3) is 0 Å². The van der Waals surface area contributed by atoms with Gasteiger partial charge in [-0.3, -0.25) is 0 Å². The Morgan fingerprint density at radius 2 is 2.06 bits per heavy atom. The quantitative estimate of drug-likeness (QED) is 0.674. The molecule has 1 heterocycles.